The van der Waals surface area contributed by atoms with Gasteiger partial charge in [0.05, 0.1) is 18.7 Å². The molecule has 0 aromatic rings. The van der Waals surface area contributed by atoms with Crippen molar-refractivity contribution >= 4 is 22.9 Å². The molecular weight excluding hydrogens is 252 g/mol. The van der Waals surface area contributed by atoms with Crippen LogP contribution in [-0.2, 0) is 4.79 Å². The Kier molecular flexibility index (Phi) is 4.17. The van der Waals surface area contributed by atoms with Gasteiger partial charge in [0.15, 0.2) is 0 Å². The van der Waals surface area contributed by atoms with Gasteiger partial charge in [0.1, 0.15) is 0 Å². The van der Waals surface area contributed by atoms with Gasteiger partial charge in [-0.25, -0.2) is 0 Å². The quantitative estimate of drug-likeness (QED) is 0.808. The lowest BCUT2D eigenvalue weighted by Crippen LogP contribution is -2.63. The van der Waals surface area contributed by atoms with Crippen molar-refractivity contribution in [2.24, 2.45) is 0 Å². The average molecular weight is 272 g/mol. The maximum absolute atomic E-state index is 11.9. The summed E-state index contributed by atoms with van der Waals surface area (Å²) in [5, 5.41) is 10.1. The van der Waals surface area contributed by atoms with Crippen LogP contribution < -0.4 is 0 Å². The number of carbonyl (C=O) groups is 2. The van der Waals surface area contributed by atoms with Crippen LogP contribution in [0.1, 0.15) is 26.2 Å². The molecule has 5 nitrogen and oxygen atoms in total. The third-order valence-corrected chi connectivity index (χ3v) is 4.37. The number of β-amino-alcohol motifs (C(OH)–C–C–N with tert-alkyl or cyclic N) is 1. The summed E-state index contributed by atoms with van der Waals surface area (Å²) in [5.74, 6) is 0.868. The van der Waals surface area contributed by atoms with Crippen LogP contribution in [-0.4, -0.2) is 63.6 Å². The highest BCUT2D eigenvalue weighted by atomic mass is 32.2. The minimum Gasteiger partial charge on any atom is -0.386 e. The highest BCUT2D eigenvalue weighted by molar-refractivity contribution is 8.13. The first-order valence-electron chi connectivity index (χ1n) is 6.46. The van der Waals surface area contributed by atoms with Crippen LogP contribution in [0.5, 0.6) is 0 Å². The van der Waals surface area contributed by atoms with E-state index in [4.69, 9.17) is 0 Å². The van der Waals surface area contributed by atoms with Gasteiger partial charge in [-0.15, -0.1) is 0 Å². The molecule has 2 saturated heterocycles. The predicted molar refractivity (Wildman–Crippen MR) is 70.5 cm³/mol. The van der Waals surface area contributed by atoms with Crippen LogP contribution in [0.4, 0.5) is 4.79 Å². The number of nitrogens with zero attached hydrogens (tertiary/aromatic N) is 2. The summed E-state index contributed by atoms with van der Waals surface area (Å²) in [4.78, 5) is 26.6. The van der Waals surface area contributed by atoms with Crippen molar-refractivity contribution in [2.75, 3.05) is 31.9 Å². The Morgan fingerprint density at radius 3 is 2.78 bits per heavy atom. The van der Waals surface area contributed by atoms with E-state index in [1.54, 1.807) is 9.80 Å². The summed E-state index contributed by atoms with van der Waals surface area (Å²) in [7, 11) is 0. The molecule has 0 saturated carbocycles. The van der Waals surface area contributed by atoms with Crippen LogP contribution in [0.15, 0.2) is 0 Å². The van der Waals surface area contributed by atoms with Crippen molar-refractivity contribution < 1.29 is 14.7 Å². The molecule has 0 atom stereocenters. The highest BCUT2D eigenvalue weighted by Crippen LogP contribution is 2.26. The Morgan fingerprint density at radius 1 is 1.50 bits per heavy atom. The van der Waals surface area contributed by atoms with Crippen molar-refractivity contribution in [1.82, 2.24) is 9.80 Å². The molecule has 2 aliphatic rings. The van der Waals surface area contributed by atoms with Crippen LogP contribution in [0, 0.1) is 0 Å². The molecule has 0 spiro atoms. The van der Waals surface area contributed by atoms with Gasteiger partial charge in [0.2, 0.25) is 5.91 Å². The number of hydrogen-bond acceptors (Lipinski definition) is 4. The molecule has 0 aromatic carbocycles. The zero-order chi connectivity index (χ0) is 13.2. The Balaban J connectivity index is 1.69. The number of hydrogen-bond donors (Lipinski definition) is 1. The maximum atomic E-state index is 11.9. The molecule has 0 aromatic heterocycles. The number of likely N-dealkylation sites (tertiary alicyclic amines) is 1. The third-order valence-electron chi connectivity index (χ3n) is 3.48. The van der Waals surface area contributed by atoms with Gasteiger partial charge in [-0.05, 0) is 6.42 Å². The summed E-state index contributed by atoms with van der Waals surface area (Å²) in [6, 6.07) is 0. The summed E-state index contributed by atoms with van der Waals surface area (Å²) in [6.07, 6.45) is 2.05. The molecule has 6 heteroatoms. The first kappa shape index (κ1) is 13.7. The lowest BCUT2D eigenvalue weighted by atomic mass is 9.89. The Labute approximate surface area is 112 Å². The first-order chi connectivity index (χ1) is 8.54. The zero-order valence-electron chi connectivity index (χ0n) is 10.7. The van der Waals surface area contributed by atoms with E-state index >= 15 is 0 Å². The van der Waals surface area contributed by atoms with Gasteiger partial charge < -0.3 is 14.9 Å². The van der Waals surface area contributed by atoms with E-state index in [1.165, 1.54) is 11.8 Å². The fraction of sp³-hybridized carbons (Fsp3) is 0.833. The monoisotopic (exact) mass is 272 g/mol. The lowest BCUT2D eigenvalue weighted by Gasteiger charge is -2.46. The molecule has 0 radical (unpaired) electrons. The lowest BCUT2D eigenvalue weighted by molar-refractivity contribution is -0.156. The van der Waals surface area contributed by atoms with Crippen molar-refractivity contribution in [2.45, 2.75) is 31.8 Å². The summed E-state index contributed by atoms with van der Waals surface area (Å²) in [6.45, 7) is 4.17. The smallest absolute Gasteiger partial charge is 0.281 e. The minimum absolute atomic E-state index is 0.0421. The Bertz CT molecular complexity index is 342. The second-order valence-corrected chi connectivity index (χ2v) is 6.12. The summed E-state index contributed by atoms with van der Waals surface area (Å²) >= 11 is 1.31. The Morgan fingerprint density at radius 2 is 2.22 bits per heavy atom. The molecule has 102 valence electrons. The van der Waals surface area contributed by atoms with Crippen LogP contribution in [0.3, 0.4) is 0 Å². The molecule has 18 heavy (non-hydrogen) atoms. The topological polar surface area (TPSA) is 60.9 Å². The largest absolute Gasteiger partial charge is 0.386 e. The van der Waals surface area contributed by atoms with Crippen molar-refractivity contribution in [3.63, 3.8) is 0 Å². The number of amides is 2. The van der Waals surface area contributed by atoms with Gasteiger partial charge in [-0.1, -0.05) is 25.1 Å². The number of thioether (sulfide) groups is 1. The van der Waals surface area contributed by atoms with Crippen molar-refractivity contribution in [1.29, 1.82) is 0 Å². The molecule has 2 fully saturated rings. The molecule has 2 heterocycles. The van der Waals surface area contributed by atoms with Crippen LogP contribution in [0.2, 0.25) is 0 Å². The van der Waals surface area contributed by atoms with Gasteiger partial charge in [0.25, 0.3) is 5.24 Å². The average Bonchev–Trinajstić information content (AvgIpc) is 2.69. The second kappa shape index (κ2) is 5.48. The molecular formula is C12H20N2O3S. The van der Waals surface area contributed by atoms with Gasteiger partial charge >= 0.3 is 0 Å². The Hall–Kier alpha value is -0.750. The van der Waals surface area contributed by atoms with Gasteiger partial charge in [-0.2, -0.15) is 0 Å². The van der Waals surface area contributed by atoms with E-state index in [0.717, 1.165) is 25.1 Å². The SMILES string of the molecule is CCCC1(O)CN(C(=O)CCN2CCSC2=O)C1. The maximum Gasteiger partial charge on any atom is 0.281 e. The van der Waals surface area contributed by atoms with E-state index in [1.807, 2.05) is 6.92 Å². The van der Waals surface area contributed by atoms with Crippen LogP contribution >= 0.6 is 11.8 Å². The number of rotatable bonds is 5. The molecule has 0 bridgehead atoms. The third kappa shape index (κ3) is 2.98. The standard InChI is InChI=1S/C12H20N2O3S/c1-2-4-12(17)8-14(9-12)10(15)3-5-13-6-7-18-11(13)16/h17H,2-9H2,1H3. The number of carbonyl (C=O) groups excluding carboxylic acids is 2. The summed E-state index contributed by atoms with van der Waals surface area (Å²) < 4.78 is 0. The molecule has 2 rings (SSSR count). The van der Waals surface area contributed by atoms with E-state index in [0.29, 0.717) is 26.1 Å². The normalized spacial score (nSPS) is 22.2. The molecule has 0 unspecified atom stereocenters. The van der Waals surface area contributed by atoms with E-state index < -0.39 is 5.60 Å². The van der Waals surface area contributed by atoms with Gasteiger partial charge in [-0.3, -0.25) is 9.59 Å². The fourth-order valence-corrected chi connectivity index (χ4v) is 3.33. The summed E-state index contributed by atoms with van der Waals surface area (Å²) in [5.41, 5.74) is -0.663. The van der Waals surface area contributed by atoms with Crippen molar-refractivity contribution in [3.05, 3.63) is 0 Å². The fourth-order valence-electron chi connectivity index (χ4n) is 2.48. The zero-order valence-corrected chi connectivity index (χ0v) is 11.5. The molecule has 2 amide bonds. The predicted octanol–water partition coefficient (Wildman–Crippen LogP) is 0.919. The molecule has 2 aliphatic heterocycles. The second-order valence-electron chi connectivity index (χ2n) is 5.08. The van der Waals surface area contributed by atoms with E-state index in [-0.39, 0.29) is 11.1 Å². The van der Waals surface area contributed by atoms with E-state index in [9.17, 15) is 14.7 Å². The highest BCUT2D eigenvalue weighted by Gasteiger charge is 2.42. The molecule has 1 N–H and O–H groups in total. The molecule has 0 aliphatic carbocycles. The number of aliphatic hydroxyl groups is 1. The first-order valence-corrected chi connectivity index (χ1v) is 7.44. The van der Waals surface area contributed by atoms with E-state index in [2.05, 4.69) is 0 Å². The van der Waals surface area contributed by atoms with Crippen LogP contribution in [0.25, 0.3) is 0 Å². The minimum atomic E-state index is -0.663. The van der Waals surface area contributed by atoms with Gasteiger partial charge in [0, 0.05) is 25.3 Å². The van der Waals surface area contributed by atoms with Crippen molar-refractivity contribution in [3.8, 4) is 0 Å².